The number of benzene rings is 2. The molecular weight excluding hydrogens is 484 g/mol. The average Bonchev–Trinajstić information content (AvgIpc) is 2.98. The number of rotatable bonds is 19. The van der Waals surface area contributed by atoms with Crippen LogP contribution in [0.1, 0.15) is 83.8 Å². The van der Waals surface area contributed by atoms with Crippen molar-refractivity contribution in [3.8, 4) is 23.6 Å². The molecule has 39 heavy (non-hydrogen) atoms. The van der Waals surface area contributed by atoms with Gasteiger partial charge in [-0.25, -0.2) is 0 Å². The zero-order valence-electron chi connectivity index (χ0n) is 24.8. The molecule has 0 fully saturated rings. The van der Waals surface area contributed by atoms with E-state index >= 15 is 0 Å². The topological polar surface area (TPSA) is 72.5 Å². The van der Waals surface area contributed by atoms with E-state index in [2.05, 4.69) is 49.6 Å². The smallest absolute Gasteiger partial charge is 0.119 e. The van der Waals surface area contributed by atoms with E-state index in [9.17, 15) is 0 Å². The highest BCUT2D eigenvalue weighted by molar-refractivity contribution is 5.35. The average molecular weight is 535 g/mol. The predicted octanol–water partition coefficient (Wildman–Crippen LogP) is 7.29. The van der Waals surface area contributed by atoms with Gasteiger partial charge in [0, 0.05) is 0 Å². The highest BCUT2D eigenvalue weighted by Crippen LogP contribution is 2.13. The van der Waals surface area contributed by atoms with E-state index in [-0.39, 0.29) is 0 Å². The van der Waals surface area contributed by atoms with Crippen molar-refractivity contribution in [1.82, 2.24) is 9.80 Å². The Hall–Kier alpha value is -3.06. The first-order chi connectivity index (χ1) is 19.1. The summed E-state index contributed by atoms with van der Waals surface area (Å²) in [5.74, 6) is 1.70. The van der Waals surface area contributed by atoms with Crippen LogP contribution in [0.3, 0.4) is 0 Å². The second kappa shape index (κ2) is 22.9. The molecule has 0 bridgehead atoms. The standard InChI is InChI=1S/C18H28N2O.C15H22N2O/c1-3-12-20(13-4-2)14-6-5-7-15-21-18-10-8-17(16-19)9-11-18;1-3-17(4-2)11-5-6-12-18-15-9-7-14(13-16)8-10-15/h8-11H,3-7,12-15H2,1-2H3;7-10H,3-6,11-12H2,1-2H3. The van der Waals surface area contributed by atoms with Crippen LogP contribution >= 0.6 is 0 Å². The molecule has 0 atom stereocenters. The number of ether oxygens (including phenoxy) is 2. The fourth-order valence-corrected chi connectivity index (χ4v) is 4.19. The summed E-state index contributed by atoms with van der Waals surface area (Å²) in [7, 11) is 0. The fraction of sp³-hybridized carbons (Fsp3) is 0.576. The van der Waals surface area contributed by atoms with Crippen LogP contribution in [0.15, 0.2) is 48.5 Å². The van der Waals surface area contributed by atoms with Crippen LogP contribution in [0.5, 0.6) is 11.5 Å². The zero-order valence-corrected chi connectivity index (χ0v) is 24.8. The second-order valence-corrected chi connectivity index (χ2v) is 9.61. The molecule has 0 saturated carbocycles. The van der Waals surface area contributed by atoms with Crippen molar-refractivity contribution in [2.45, 2.75) is 72.6 Å². The van der Waals surface area contributed by atoms with E-state index in [0.29, 0.717) is 11.1 Å². The summed E-state index contributed by atoms with van der Waals surface area (Å²) in [6, 6.07) is 18.8. The van der Waals surface area contributed by atoms with E-state index in [0.717, 1.165) is 63.6 Å². The van der Waals surface area contributed by atoms with Crippen molar-refractivity contribution in [3.63, 3.8) is 0 Å². The van der Waals surface area contributed by atoms with Crippen LogP contribution in [0.25, 0.3) is 0 Å². The maximum atomic E-state index is 8.73. The monoisotopic (exact) mass is 534 g/mol. The van der Waals surface area contributed by atoms with Gasteiger partial charge in [0.25, 0.3) is 0 Å². The van der Waals surface area contributed by atoms with E-state index < -0.39 is 0 Å². The Morgan fingerprint density at radius 2 is 0.949 bits per heavy atom. The van der Waals surface area contributed by atoms with E-state index in [1.54, 1.807) is 24.3 Å². The summed E-state index contributed by atoms with van der Waals surface area (Å²) < 4.78 is 11.3. The molecule has 0 radical (unpaired) electrons. The van der Waals surface area contributed by atoms with Gasteiger partial charge in [-0.3, -0.25) is 0 Å². The lowest BCUT2D eigenvalue weighted by atomic mass is 10.2. The normalized spacial score (nSPS) is 10.5. The van der Waals surface area contributed by atoms with E-state index in [1.165, 1.54) is 45.3 Å². The lowest BCUT2D eigenvalue weighted by Gasteiger charge is -2.20. The molecule has 0 unspecified atom stereocenters. The molecule has 2 rings (SSSR count). The summed E-state index contributed by atoms with van der Waals surface area (Å²) in [6.07, 6.45) is 8.25. The Morgan fingerprint density at radius 1 is 0.538 bits per heavy atom. The Balaban J connectivity index is 0.000000395. The Labute approximate surface area is 238 Å². The molecule has 0 spiro atoms. The number of hydrogen-bond acceptors (Lipinski definition) is 6. The molecule has 0 heterocycles. The summed E-state index contributed by atoms with van der Waals surface area (Å²) in [4.78, 5) is 4.98. The van der Waals surface area contributed by atoms with Crippen LogP contribution in [-0.4, -0.2) is 62.3 Å². The summed E-state index contributed by atoms with van der Waals surface area (Å²) in [6.45, 7) is 17.4. The zero-order chi connectivity index (χ0) is 28.6. The SMILES string of the molecule is CCCN(CCC)CCCCCOc1ccc(C#N)cc1.CCN(CC)CCCCOc1ccc(C#N)cc1. The molecule has 0 saturated heterocycles. The van der Waals surface area contributed by atoms with Gasteiger partial charge in [0.15, 0.2) is 0 Å². The molecule has 0 aliphatic heterocycles. The highest BCUT2D eigenvalue weighted by Gasteiger charge is 2.02. The minimum atomic E-state index is 0.670. The van der Waals surface area contributed by atoms with Gasteiger partial charge < -0.3 is 19.3 Å². The van der Waals surface area contributed by atoms with Gasteiger partial charge in [0.1, 0.15) is 11.5 Å². The molecule has 2 aromatic rings. The molecule has 0 aliphatic rings. The van der Waals surface area contributed by atoms with Crippen molar-refractivity contribution in [1.29, 1.82) is 10.5 Å². The summed E-state index contributed by atoms with van der Waals surface area (Å²) >= 11 is 0. The van der Waals surface area contributed by atoms with Crippen molar-refractivity contribution in [3.05, 3.63) is 59.7 Å². The predicted molar refractivity (Wildman–Crippen MR) is 161 cm³/mol. The molecule has 0 aromatic heterocycles. The third-order valence-electron chi connectivity index (χ3n) is 6.47. The highest BCUT2D eigenvalue weighted by atomic mass is 16.5. The van der Waals surface area contributed by atoms with E-state index in [1.807, 2.05) is 24.3 Å². The maximum absolute atomic E-state index is 8.73. The number of hydrogen-bond donors (Lipinski definition) is 0. The fourth-order valence-electron chi connectivity index (χ4n) is 4.19. The van der Waals surface area contributed by atoms with Crippen LogP contribution in [0.4, 0.5) is 0 Å². The quantitative estimate of drug-likeness (QED) is 0.176. The first kappa shape index (κ1) is 34.0. The molecular formula is C33H50N4O2. The van der Waals surface area contributed by atoms with Gasteiger partial charge in [-0.2, -0.15) is 10.5 Å². The Kier molecular flexibility index (Phi) is 19.9. The van der Waals surface area contributed by atoms with Crippen molar-refractivity contribution < 1.29 is 9.47 Å². The van der Waals surface area contributed by atoms with Gasteiger partial charge in [0.05, 0.1) is 36.5 Å². The lowest BCUT2D eigenvalue weighted by Crippen LogP contribution is -2.26. The number of nitrogens with zero attached hydrogens (tertiary/aromatic N) is 4. The van der Waals surface area contributed by atoms with Crippen LogP contribution in [0.2, 0.25) is 0 Å². The van der Waals surface area contributed by atoms with Crippen molar-refractivity contribution in [2.24, 2.45) is 0 Å². The molecule has 6 heteroatoms. The van der Waals surface area contributed by atoms with Crippen molar-refractivity contribution in [2.75, 3.05) is 52.5 Å². The Bertz CT molecular complexity index is 922. The lowest BCUT2D eigenvalue weighted by molar-refractivity contribution is 0.259. The molecule has 0 N–H and O–H groups in total. The van der Waals surface area contributed by atoms with Gasteiger partial charge in [0.2, 0.25) is 0 Å². The third-order valence-corrected chi connectivity index (χ3v) is 6.47. The van der Waals surface area contributed by atoms with E-state index in [4.69, 9.17) is 20.0 Å². The summed E-state index contributed by atoms with van der Waals surface area (Å²) in [5.41, 5.74) is 1.35. The molecule has 0 aliphatic carbocycles. The van der Waals surface area contributed by atoms with Crippen LogP contribution < -0.4 is 9.47 Å². The van der Waals surface area contributed by atoms with Gasteiger partial charge in [-0.1, -0.05) is 27.7 Å². The van der Waals surface area contributed by atoms with Crippen molar-refractivity contribution >= 4 is 0 Å². The number of unbranched alkanes of at least 4 members (excludes halogenated alkanes) is 3. The molecule has 6 nitrogen and oxygen atoms in total. The Morgan fingerprint density at radius 3 is 1.36 bits per heavy atom. The molecule has 0 amide bonds. The van der Waals surface area contributed by atoms with Gasteiger partial charge in [-0.15, -0.1) is 0 Å². The summed E-state index contributed by atoms with van der Waals surface area (Å²) in [5, 5.41) is 17.4. The van der Waals surface area contributed by atoms with Gasteiger partial charge >= 0.3 is 0 Å². The van der Waals surface area contributed by atoms with Crippen LogP contribution in [-0.2, 0) is 0 Å². The minimum Gasteiger partial charge on any atom is -0.494 e. The van der Waals surface area contributed by atoms with Crippen LogP contribution in [0, 0.1) is 22.7 Å². The third kappa shape index (κ3) is 16.5. The largest absolute Gasteiger partial charge is 0.494 e. The molecule has 2 aromatic carbocycles. The second-order valence-electron chi connectivity index (χ2n) is 9.61. The number of nitriles is 2. The first-order valence-electron chi connectivity index (χ1n) is 14.8. The van der Waals surface area contributed by atoms with Gasteiger partial charge in [-0.05, 0) is 133 Å². The maximum Gasteiger partial charge on any atom is 0.119 e. The minimum absolute atomic E-state index is 0.670. The first-order valence-corrected chi connectivity index (χ1v) is 14.8. The molecule has 214 valence electrons.